The van der Waals surface area contributed by atoms with Gasteiger partial charge in [-0.05, 0) is 20.8 Å². The number of guanidine groups is 1. The fourth-order valence-corrected chi connectivity index (χ4v) is 1.87. The summed E-state index contributed by atoms with van der Waals surface area (Å²) in [6.45, 7) is 12.8. The molecule has 0 aromatic heterocycles. The molecule has 1 aliphatic heterocycles. The Balaban J connectivity index is 0.00000289. The second-order valence-corrected chi connectivity index (χ2v) is 4.25. The van der Waals surface area contributed by atoms with Crippen LogP contribution in [-0.2, 0) is 4.74 Å². The predicted octanol–water partition coefficient (Wildman–Crippen LogP) is 0.900. The number of hydrogen-bond acceptors (Lipinski definition) is 3. The molecule has 1 unspecified atom stereocenters. The van der Waals surface area contributed by atoms with Crippen molar-refractivity contribution in [1.82, 2.24) is 15.5 Å². The number of nitrogens with one attached hydrogen (secondary N) is 2. The molecule has 0 aromatic rings. The van der Waals surface area contributed by atoms with Crippen molar-refractivity contribution in [2.24, 2.45) is 4.99 Å². The summed E-state index contributed by atoms with van der Waals surface area (Å²) in [6.07, 6.45) is 0. The van der Waals surface area contributed by atoms with Crippen LogP contribution in [0.4, 0.5) is 0 Å². The minimum Gasteiger partial charge on any atom is -0.379 e. The summed E-state index contributed by atoms with van der Waals surface area (Å²) in [6, 6.07) is 0.478. The quantitative estimate of drug-likeness (QED) is 0.429. The van der Waals surface area contributed by atoms with E-state index in [0.29, 0.717) is 6.04 Å². The Kier molecular flexibility index (Phi) is 10.8. The van der Waals surface area contributed by atoms with E-state index in [1.807, 2.05) is 0 Å². The van der Waals surface area contributed by atoms with Gasteiger partial charge in [-0.15, -0.1) is 24.0 Å². The average molecular weight is 370 g/mol. The summed E-state index contributed by atoms with van der Waals surface area (Å²) in [5.41, 5.74) is 0. The van der Waals surface area contributed by atoms with Crippen molar-refractivity contribution in [3.05, 3.63) is 0 Å². The van der Waals surface area contributed by atoms with Crippen LogP contribution in [0.25, 0.3) is 0 Å². The third-order valence-electron chi connectivity index (χ3n) is 2.87. The van der Waals surface area contributed by atoms with Crippen LogP contribution in [0, 0.1) is 0 Å². The Morgan fingerprint density at radius 1 is 1.22 bits per heavy atom. The molecule has 1 rings (SSSR count). The molecule has 0 amide bonds. The summed E-state index contributed by atoms with van der Waals surface area (Å²) < 4.78 is 5.35. The lowest BCUT2D eigenvalue weighted by Gasteiger charge is -2.31. The first kappa shape index (κ1) is 17.9. The van der Waals surface area contributed by atoms with Gasteiger partial charge in [-0.1, -0.05) is 0 Å². The molecule has 0 aliphatic carbocycles. The van der Waals surface area contributed by atoms with Crippen LogP contribution < -0.4 is 10.6 Å². The van der Waals surface area contributed by atoms with Crippen LogP contribution in [-0.4, -0.2) is 62.8 Å². The van der Waals surface area contributed by atoms with E-state index in [-0.39, 0.29) is 24.0 Å². The number of rotatable bonds is 5. The number of aliphatic imine (C=N–C) groups is 1. The monoisotopic (exact) mass is 370 g/mol. The lowest BCUT2D eigenvalue weighted by molar-refractivity contribution is 0.0220. The van der Waals surface area contributed by atoms with Gasteiger partial charge in [0, 0.05) is 32.2 Å². The largest absolute Gasteiger partial charge is 0.379 e. The Labute approximate surface area is 128 Å². The molecule has 5 nitrogen and oxygen atoms in total. The maximum Gasteiger partial charge on any atom is 0.191 e. The van der Waals surface area contributed by atoms with Gasteiger partial charge in [-0.25, -0.2) is 0 Å². The summed E-state index contributed by atoms with van der Waals surface area (Å²) in [7, 11) is 0. The lowest BCUT2D eigenvalue weighted by Crippen LogP contribution is -2.44. The normalized spacial score (nSPS) is 17.5. The van der Waals surface area contributed by atoms with Crippen LogP contribution in [0.15, 0.2) is 4.99 Å². The highest BCUT2D eigenvalue weighted by Gasteiger charge is 2.16. The third kappa shape index (κ3) is 6.75. The summed E-state index contributed by atoms with van der Waals surface area (Å²) in [5, 5.41) is 6.47. The SMILES string of the molecule is CCNC(=NCC(C)N1CCOCC1)NCC.I. The Morgan fingerprint density at radius 2 is 1.78 bits per heavy atom. The highest BCUT2D eigenvalue weighted by Crippen LogP contribution is 2.03. The molecule has 1 heterocycles. The van der Waals surface area contributed by atoms with Gasteiger partial charge in [0.2, 0.25) is 0 Å². The smallest absolute Gasteiger partial charge is 0.191 e. The Morgan fingerprint density at radius 3 is 2.28 bits per heavy atom. The van der Waals surface area contributed by atoms with Gasteiger partial charge in [0.25, 0.3) is 0 Å². The molecule has 0 aromatic carbocycles. The fourth-order valence-electron chi connectivity index (χ4n) is 1.87. The zero-order chi connectivity index (χ0) is 12.5. The topological polar surface area (TPSA) is 48.9 Å². The molecule has 1 aliphatic rings. The standard InChI is InChI=1S/C12H26N4O.HI/c1-4-13-12(14-5-2)15-10-11(3)16-6-8-17-9-7-16;/h11H,4-10H2,1-3H3,(H2,13,14,15);1H. The number of ether oxygens (including phenoxy) is 1. The van der Waals surface area contributed by atoms with Crippen molar-refractivity contribution in [2.45, 2.75) is 26.8 Å². The number of morpholine rings is 1. The van der Waals surface area contributed by atoms with E-state index >= 15 is 0 Å². The zero-order valence-electron chi connectivity index (χ0n) is 11.7. The number of nitrogens with zero attached hydrogens (tertiary/aromatic N) is 2. The Bertz CT molecular complexity index is 224. The molecule has 0 saturated carbocycles. The molecule has 6 heteroatoms. The van der Waals surface area contributed by atoms with Crippen LogP contribution in [0.1, 0.15) is 20.8 Å². The summed E-state index contributed by atoms with van der Waals surface area (Å²) in [4.78, 5) is 7.02. The molecule has 1 atom stereocenters. The van der Waals surface area contributed by atoms with E-state index < -0.39 is 0 Å². The first-order chi connectivity index (χ1) is 8.27. The van der Waals surface area contributed by atoms with Crippen molar-refractivity contribution in [3.63, 3.8) is 0 Å². The molecule has 18 heavy (non-hydrogen) atoms. The molecular weight excluding hydrogens is 343 g/mol. The van der Waals surface area contributed by atoms with Gasteiger partial charge in [0.15, 0.2) is 5.96 Å². The van der Waals surface area contributed by atoms with E-state index in [0.717, 1.165) is 51.9 Å². The van der Waals surface area contributed by atoms with E-state index in [9.17, 15) is 0 Å². The molecule has 2 N–H and O–H groups in total. The highest BCUT2D eigenvalue weighted by atomic mass is 127. The van der Waals surface area contributed by atoms with Gasteiger partial charge in [-0.3, -0.25) is 9.89 Å². The maximum atomic E-state index is 5.35. The van der Waals surface area contributed by atoms with Crippen molar-refractivity contribution in [3.8, 4) is 0 Å². The zero-order valence-corrected chi connectivity index (χ0v) is 14.1. The first-order valence-electron chi connectivity index (χ1n) is 6.61. The molecule has 0 bridgehead atoms. The van der Waals surface area contributed by atoms with Gasteiger partial charge < -0.3 is 15.4 Å². The second-order valence-electron chi connectivity index (χ2n) is 4.25. The molecule has 1 saturated heterocycles. The minimum absolute atomic E-state index is 0. The maximum absolute atomic E-state index is 5.35. The van der Waals surface area contributed by atoms with Crippen molar-refractivity contribution in [2.75, 3.05) is 45.9 Å². The van der Waals surface area contributed by atoms with Crippen molar-refractivity contribution < 1.29 is 4.74 Å². The van der Waals surface area contributed by atoms with E-state index in [4.69, 9.17) is 4.74 Å². The van der Waals surface area contributed by atoms with Gasteiger partial charge in [0.1, 0.15) is 0 Å². The van der Waals surface area contributed by atoms with Crippen LogP contribution in [0.5, 0.6) is 0 Å². The van der Waals surface area contributed by atoms with Crippen molar-refractivity contribution >= 4 is 29.9 Å². The number of halogens is 1. The lowest BCUT2D eigenvalue weighted by atomic mass is 10.2. The van der Waals surface area contributed by atoms with Crippen LogP contribution in [0.3, 0.4) is 0 Å². The molecule has 1 fully saturated rings. The van der Waals surface area contributed by atoms with Crippen LogP contribution >= 0.6 is 24.0 Å². The predicted molar refractivity (Wildman–Crippen MR) is 86.9 cm³/mol. The van der Waals surface area contributed by atoms with Gasteiger partial charge in [-0.2, -0.15) is 0 Å². The van der Waals surface area contributed by atoms with Gasteiger partial charge in [0.05, 0.1) is 19.8 Å². The first-order valence-corrected chi connectivity index (χ1v) is 6.61. The highest BCUT2D eigenvalue weighted by molar-refractivity contribution is 14.0. The van der Waals surface area contributed by atoms with E-state index in [1.165, 1.54) is 0 Å². The summed E-state index contributed by atoms with van der Waals surface area (Å²) >= 11 is 0. The van der Waals surface area contributed by atoms with Crippen molar-refractivity contribution in [1.29, 1.82) is 0 Å². The fraction of sp³-hybridized carbons (Fsp3) is 0.917. The van der Waals surface area contributed by atoms with E-state index in [2.05, 4.69) is 41.3 Å². The average Bonchev–Trinajstić information content (AvgIpc) is 2.37. The molecule has 0 spiro atoms. The molecular formula is C12H27IN4O. The van der Waals surface area contributed by atoms with Crippen LogP contribution in [0.2, 0.25) is 0 Å². The van der Waals surface area contributed by atoms with E-state index in [1.54, 1.807) is 0 Å². The third-order valence-corrected chi connectivity index (χ3v) is 2.87. The van der Waals surface area contributed by atoms with Gasteiger partial charge >= 0.3 is 0 Å². The minimum atomic E-state index is 0. The molecule has 108 valence electrons. The Hall–Kier alpha value is -0.0800. The second kappa shape index (κ2) is 10.8. The summed E-state index contributed by atoms with van der Waals surface area (Å²) in [5.74, 6) is 0.912. The molecule has 0 radical (unpaired) electrons. The number of hydrogen-bond donors (Lipinski definition) is 2.